The predicted molar refractivity (Wildman–Crippen MR) is 119 cm³/mol. The van der Waals surface area contributed by atoms with E-state index in [4.69, 9.17) is 20.8 Å². The molecule has 32 heavy (non-hydrogen) atoms. The van der Waals surface area contributed by atoms with Gasteiger partial charge in [-0.25, -0.2) is 0 Å². The van der Waals surface area contributed by atoms with Crippen LogP contribution in [-0.2, 0) is 20.9 Å². The molecule has 7 nitrogen and oxygen atoms in total. The van der Waals surface area contributed by atoms with Crippen molar-refractivity contribution in [2.75, 3.05) is 6.54 Å². The first-order valence-electron chi connectivity index (χ1n) is 9.81. The van der Waals surface area contributed by atoms with E-state index in [0.29, 0.717) is 10.6 Å². The Hall–Kier alpha value is -3.84. The largest absolute Gasteiger partial charge is 0.461 e. The van der Waals surface area contributed by atoms with Crippen molar-refractivity contribution in [3.05, 3.63) is 101 Å². The zero-order valence-electron chi connectivity index (χ0n) is 17.0. The number of carbonyl (C=O) groups excluding carboxylic acids is 3. The van der Waals surface area contributed by atoms with Gasteiger partial charge in [-0.1, -0.05) is 54.1 Å². The highest BCUT2D eigenvalue weighted by Gasteiger charge is 2.16. The molecule has 0 spiro atoms. The molecule has 8 heteroatoms. The molecule has 3 aromatic rings. The van der Waals surface area contributed by atoms with E-state index in [1.165, 1.54) is 18.4 Å². The molecule has 0 fully saturated rings. The third-order valence-electron chi connectivity index (χ3n) is 4.28. The molecule has 0 aliphatic rings. The summed E-state index contributed by atoms with van der Waals surface area (Å²) < 4.78 is 10.3. The maximum atomic E-state index is 12.7. The standard InChI is InChI=1S/C24H21ClN2O5/c25-19-10-8-17(9-11-19)15-20(27-24(30)21-7-4-14-31-21)23(29)26-13-12-22(28)32-16-18-5-2-1-3-6-18/h1-11,14-15H,12-13,16H2,(H,26,29)(H,27,30)/b20-15+. The smallest absolute Gasteiger partial charge is 0.307 e. The summed E-state index contributed by atoms with van der Waals surface area (Å²) in [7, 11) is 0. The molecule has 0 atom stereocenters. The monoisotopic (exact) mass is 452 g/mol. The average Bonchev–Trinajstić information content (AvgIpc) is 3.34. The zero-order chi connectivity index (χ0) is 22.8. The van der Waals surface area contributed by atoms with Crippen LogP contribution in [0.4, 0.5) is 0 Å². The Kier molecular flexibility index (Phi) is 8.22. The van der Waals surface area contributed by atoms with Gasteiger partial charge in [0.2, 0.25) is 0 Å². The molecule has 2 N–H and O–H groups in total. The fourth-order valence-electron chi connectivity index (χ4n) is 2.66. The second-order valence-electron chi connectivity index (χ2n) is 6.69. The van der Waals surface area contributed by atoms with E-state index in [-0.39, 0.29) is 31.0 Å². The van der Waals surface area contributed by atoms with Gasteiger partial charge in [-0.3, -0.25) is 14.4 Å². The molecular weight excluding hydrogens is 432 g/mol. The van der Waals surface area contributed by atoms with Crippen LogP contribution in [-0.4, -0.2) is 24.3 Å². The SMILES string of the molecule is O=C(CCNC(=O)/C(=C\c1ccc(Cl)cc1)NC(=O)c1ccco1)OCc1ccccc1. The van der Waals surface area contributed by atoms with Gasteiger partial charge in [0.15, 0.2) is 5.76 Å². The first-order chi connectivity index (χ1) is 15.5. The van der Waals surface area contributed by atoms with Crippen molar-refractivity contribution in [2.24, 2.45) is 0 Å². The molecule has 0 unspecified atom stereocenters. The number of amides is 2. The van der Waals surface area contributed by atoms with Gasteiger partial charge in [-0.15, -0.1) is 0 Å². The van der Waals surface area contributed by atoms with Gasteiger partial charge in [0.25, 0.3) is 11.8 Å². The summed E-state index contributed by atoms with van der Waals surface area (Å²) in [5.74, 6) is -1.52. The fourth-order valence-corrected chi connectivity index (χ4v) is 2.79. The molecule has 1 heterocycles. The summed E-state index contributed by atoms with van der Waals surface area (Å²) >= 11 is 5.90. The summed E-state index contributed by atoms with van der Waals surface area (Å²) in [6.45, 7) is 0.204. The van der Waals surface area contributed by atoms with Crippen LogP contribution < -0.4 is 10.6 Å². The lowest BCUT2D eigenvalue weighted by Gasteiger charge is -2.10. The van der Waals surface area contributed by atoms with Crippen LogP contribution in [0.3, 0.4) is 0 Å². The lowest BCUT2D eigenvalue weighted by molar-refractivity contribution is -0.144. The molecule has 0 saturated carbocycles. The van der Waals surface area contributed by atoms with Crippen molar-refractivity contribution in [3.63, 3.8) is 0 Å². The number of rotatable bonds is 9. The fraction of sp³-hybridized carbons (Fsp3) is 0.125. The number of benzene rings is 2. The normalized spacial score (nSPS) is 11.0. The Morgan fingerprint density at radius 3 is 2.41 bits per heavy atom. The molecule has 0 aliphatic carbocycles. The second kappa shape index (κ2) is 11.5. The highest BCUT2D eigenvalue weighted by Crippen LogP contribution is 2.13. The van der Waals surface area contributed by atoms with Crippen LogP contribution in [0.2, 0.25) is 5.02 Å². The van der Waals surface area contributed by atoms with Gasteiger partial charge < -0.3 is 19.8 Å². The average molecular weight is 453 g/mol. The third kappa shape index (κ3) is 7.14. The first-order valence-corrected chi connectivity index (χ1v) is 10.2. The van der Waals surface area contributed by atoms with E-state index < -0.39 is 17.8 Å². The molecule has 0 bridgehead atoms. The van der Waals surface area contributed by atoms with Crippen molar-refractivity contribution in [1.29, 1.82) is 0 Å². The summed E-state index contributed by atoms with van der Waals surface area (Å²) in [6.07, 6.45) is 2.85. The Labute approximate surface area is 190 Å². The second-order valence-corrected chi connectivity index (χ2v) is 7.13. The zero-order valence-corrected chi connectivity index (χ0v) is 17.8. The van der Waals surface area contributed by atoms with E-state index in [2.05, 4.69) is 10.6 Å². The van der Waals surface area contributed by atoms with Crippen molar-refractivity contribution in [1.82, 2.24) is 10.6 Å². The first kappa shape index (κ1) is 22.8. The Morgan fingerprint density at radius 2 is 1.72 bits per heavy atom. The van der Waals surface area contributed by atoms with E-state index in [1.54, 1.807) is 30.3 Å². The molecule has 0 radical (unpaired) electrons. The molecule has 2 aromatic carbocycles. The van der Waals surface area contributed by atoms with E-state index in [1.807, 2.05) is 30.3 Å². The summed E-state index contributed by atoms with van der Waals surface area (Å²) in [5.41, 5.74) is 1.52. The Balaban J connectivity index is 1.58. The number of nitrogens with one attached hydrogen (secondary N) is 2. The molecular formula is C24H21ClN2O5. The molecule has 0 aliphatic heterocycles. The van der Waals surface area contributed by atoms with E-state index in [9.17, 15) is 14.4 Å². The third-order valence-corrected chi connectivity index (χ3v) is 4.53. The lowest BCUT2D eigenvalue weighted by Crippen LogP contribution is -2.35. The number of ether oxygens (including phenoxy) is 1. The van der Waals surface area contributed by atoms with E-state index in [0.717, 1.165) is 5.56 Å². The van der Waals surface area contributed by atoms with Gasteiger partial charge in [0.05, 0.1) is 12.7 Å². The van der Waals surface area contributed by atoms with Gasteiger partial charge in [-0.05, 0) is 41.5 Å². The van der Waals surface area contributed by atoms with Crippen molar-refractivity contribution >= 4 is 35.5 Å². The number of hydrogen-bond acceptors (Lipinski definition) is 5. The highest BCUT2D eigenvalue weighted by molar-refractivity contribution is 6.30. The van der Waals surface area contributed by atoms with Gasteiger partial charge in [0.1, 0.15) is 12.3 Å². The van der Waals surface area contributed by atoms with Crippen LogP contribution in [0.5, 0.6) is 0 Å². The quantitative estimate of drug-likeness (QED) is 0.378. The minimum Gasteiger partial charge on any atom is -0.461 e. The van der Waals surface area contributed by atoms with Crippen LogP contribution in [0.1, 0.15) is 28.1 Å². The van der Waals surface area contributed by atoms with Gasteiger partial charge >= 0.3 is 5.97 Å². The van der Waals surface area contributed by atoms with Crippen molar-refractivity contribution in [3.8, 4) is 0 Å². The van der Waals surface area contributed by atoms with Crippen LogP contribution in [0, 0.1) is 0 Å². The van der Waals surface area contributed by atoms with Gasteiger partial charge in [0, 0.05) is 11.6 Å². The number of furan rings is 1. The molecule has 2 amide bonds. The highest BCUT2D eigenvalue weighted by atomic mass is 35.5. The molecule has 0 saturated heterocycles. The minimum atomic E-state index is -0.576. The number of halogens is 1. The van der Waals surface area contributed by atoms with Crippen molar-refractivity contribution < 1.29 is 23.5 Å². The maximum Gasteiger partial charge on any atom is 0.307 e. The number of esters is 1. The van der Waals surface area contributed by atoms with Gasteiger partial charge in [-0.2, -0.15) is 0 Å². The number of hydrogen-bond donors (Lipinski definition) is 2. The molecule has 164 valence electrons. The molecule has 3 rings (SSSR count). The van der Waals surface area contributed by atoms with Crippen LogP contribution in [0.25, 0.3) is 6.08 Å². The maximum absolute atomic E-state index is 12.7. The predicted octanol–water partition coefficient (Wildman–Crippen LogP) is 3.95. The lowest BCUT2D eigenvalue weighted by atomic mass is 10.2. The van der Waals surface area contributed by atoms with E-state index >= 15 is 0 Å². The van der Waals surface area contributed by atoms with Crippen molar-refractivity contribution in [2.45, 2.75) is 13.0 Å². The Bertz CT molecular complexity index is 1080. The summed E-state index contributed by atoms with van der Waals surface area (Å²) in [5, 5.41) is 5.69. The minimum absolute atomic E-state index is 0.00799. The van der Waals surface area contributed by atoms with Crippen LogP contribution in [0.15, 0.2) is 83.1 Å². The topological polar surface area (TPSA) is 97.6 Å². The molecule has 1 aromatic heterocycles. The number of carbonyl (C=O) groups is 3. The summed E-state index contributed by atoms with van der Waals surface area (Å²) in [6, 6.07) is 19.1. The van der Waals surface area contributed by atoms with Crippen LogP contribution >= 0.6 is 11.6 Å². The Morgan fingerprint density at radius 1 is 0.969 bits per heavy atom. The summed E-state index contributed by atoms with van der Waals surface area (Å²) in [4.78, 5) is 37.0.